The molecule has 1 aliphatic heterocycles. The van der Waals surface area contributed by atoms with Gasteiger partial charge in [0.1, 0.15) is 6.10 Å². The minimum atomic E-state index is -1.07. The zero-order chi connectivity index (χ0) is 8.59. The number of nitrogens with zero attached hydrogens (tertiary/aromatic N) is 2. The van der Waals surface area contributed by atoms with Crippen molar-refractivity contribution in [2.75, 3.05) is 20.6 Å². The van der Waals surface area contributed by atoms with Crippen LogP contribution >= 0.6 is 0 Å². The van der Waals surface area contributed by atoms with Crippen molar-refractivity contribution in [3.63, 3.8) is 0 Å². The summed E-state index contributed by atoms with van der Waals surface area (Å²) in [6.07, 6.45) is -1.94. The Labute approximate surface area is 64.8 Å². The Morgan fingerprint density at radius 1 is 1.45 bits per heavy atom. The van der Waals surface area contributed by atoms with Crippen LogP contribution in [-0.2, 0) is 0 Å². The summed E-state index contributed by atoms with van der Waals surface area (Å²) in [4.78, 5) is 13.5. The Morgan fingerprint density at radius 3 is 2.55 bits per heavy atom. The third-order valence-electron chi connectivity index (χ3n) is 1.83. The number of aliphatic hydroxyl groups is 2. The van der Waals surface area contributed by atoms with Crippen molar-refractivity contribution in [3.05, 3.63) is 0 Å². The highest BCUT2D eigenvalue weighted by Gasteiger charge is 2.33. The van der Waals surface area contributed by atoms with Gasteiger partial charge in [-0.15, -0.1) is 0 Å². The summed E-state index contributed by atoms with van der Waals surface area (Å²) < 4.78 is 0. The SMILES string of the molecule is CN1CC(O)C(O)N(C)C1=O. The summed E-state index contributed by atoms with van der Waals surface area (Å²) in [6.45, 7) is 0.185. The molecule has 0 saturated carbocycles. The van der Waals surface area contributed by atoms with Gasteiger partial charge < -0.3 is 15.1 Å². The van der Waals surface area contributed by atoms with Crippen LogP contribution in [0.2, 0.25) is 0 Å². The highest BCUT2D eigenvalue weighted by atomic mass is 16.4. The first-order valence-electron chi connectivity index (χ1n) is 3.38. The predicted molar refractivity (Wildman–Crippen MR) is 37.8 cm³/mol. The van der Waals surface area contributed by atoms with Gasteiger partial charge in [0.2, 0.25) is 0 Å². The molecule has 0 aromatic rings. The van der Waals surface area contributed by atoms with Gasteiger partial charge in [0.15, 0.2) is 6.23 Å². The molecule has 0 spiro atoms. The normalized spacial score (nSPS) is 32.9. The fraction of sp³-hybridized carbons (Fsp3) is 0.833. The maximum atomic E-state index is 11.1. The van der Waals surface area contributed by atoms with E-state index in [9.17, 15) is 4.79 Å². The van der Waals surface area contributed by atoms with E-state index in [1.807, 2.05) is 0 Å². The second-order valence-electron chi connectivity index (χ2n) is 2.75. The molecule has 5 nitrogen and oxygen atoms in total. The quantitative estimate of drug-likeness (QED) is 0.461. The lowest BCUT2D eigenvalue weighted by Gasteiger charge is -2.37. The molecule has 5 heteroatoms. The third-order valence-corrected chi connectivity index (χ3v) is 1.83. The minimum absolute atomic E-state index is 0.185. The van der Waals surface area contributed by atoms with Crippen molar-refractivity contribution in [2.24, 2.45) is 0 Å². The van der Waals surface area contributed by atoms with Gasteiger partial charge in [0.05, 0.1) is 6.54 Å². The molecule has 2 amide bonds. The van der Waals surface area contributed by atoms with E-state index in [0.29, 0.717) is 0 Å². The number of hydrogen-bond donors (Lipinski definition) is 2. The first-order valence-corrected chi connectivity index (χ1v) is 3.38. The monoisotopic (exact) mass is 160 g/mol. The molecule has 2 N–H and O–H groups in total. The molecule has 11 heavy (non-hydrogen) atoms. The van der Waals surface area contributed by atoms with Crippen molar-refractivity contribution >= 4 is 6.03 Å². The Kier molecular flexibility index (Phi) is 2.01. The molecule has 1 aliphatic rings. The fourth-order valence-electron chi connectivity index (χ4n) is 1.09. The summed E-state index contributed by atoms with van der Waals surface area (Å²) in [5.41, 5.74) is 0. The second-order valence-corrected chi connectivity index (χ2v) is 2.75. The molecule has 0 radical (unpaired) electrons. The Balaban J connectivity index is 2.70. The number of amides is 2. The molecule has 0 aliphatic carbocycles. The Morgan fingerprint density at radius 2 is 2.00 bits per heavy atom. The van der Waals surface area contributed by atoms with Gasteiger partial charge in [-0.3, -0.25) is 4.90 Å². The number of urea groups is 1. The van der Waals surface area contributed by atoms with Gasteiger partial charge in [-0.25, -0.2) is 4.79 Å². The van der Waals surface area contributed by atoms with Crippen molar-refractivity contribution in [3.8, 4) is 0 Å². The van der Waals surface area contributed by atoms with Crippen LogP contribution in [0.25, 0.3) is 0 Å². The van der Waals surface area contributed by atoms with E-state index >= 15 is 0 Å². The highest BCUT2D eigenvalue weighted by molar-refractivity contribution is 5.75. The lowest BCUT2D eigenvalue weighted by atomic mass is 10.2. The van der Waals surface area contributed by atoms with E-state index in [1.54, 1.807) is 7.05 Å². The van der Waals surface area contributed by atoms with E-state index in [0.717, 1.165) is 4.90 Å². The van der Waals surface area contributed by atoms with Gasteiger partial charge in [-0.2, -0.15) is 0 Å². The standard InChI is InChI=1S/C6H12N2O3/c1-7-3-4(9)5(10)8(2)6(7)11/h4-5,9-10H,3H2,1-2H3. The Hall–Kier alpha value is -0.810. The summed E-state index contributed by atoms with van der Waals surface area (Å²) >= 11 is 0. The summed E-state index contributed by atoms with van der Waals surface area (Å²) in [7, 11) is 3.03. The topological polar surface area (TPSA) is 64.0 Å². The van der Waals surface area contributed by atoms with Crippen LogP contribution in [-0.4, -0.2) is 59.0 Å². The first-order chi connectivity index (χ1) is 5.04. The highest BCUT2D eigenvalue weighted by Crippen LogP contribution is 2.10. The van der Waals surface area contributed by atoms with Crippen LogP contribution in [0, 0.1) is 0 Å². The molecule has 0 aromatic heterocycles. The van der Waals surface area contributed by atoms with Gasteiger partial charge in [-0.05, 0) is 0 Å². The molecular weight excluding hydrogens is 148 g/mol. The van der Waals surface area contributed by atoms with Crippen LogP contribution < -0.4 is 0 Å². The summed E-state index contributed by atoms with van der Waals surface area (Å²) in [5.74, 6) is 0. The second kappa shape index (κ2) is 2.67. The molecule has 1 rings (SSSR count). The van der Waals surface area contributed by atoms with E-state index in [1.165, 1.54) is 11.9 Å². The molecule has 1 saturated heterocycles. The number of carbonyl (C=O) groups excluding carboxylic acids is 1. The number of carbonyl (C=O) groups is 1. The maximum Gasteiger partial charge on any atom is 0.321 e. The first kappa shape index (κ1) is 8.29. The predicted octanol–water partition coefficient (Wildman–Crippen LogP) is -1.34. The molecule has 64 valence electrons. The summed E-state index contributed by atoms with van der Waals surface area (Å²) in [6, 6.07) is -0.275. The van der Waals surface area contributed by atoms with E-state index in [2.05, 4.69) is 0 Å². The number of β-amino-alcohol motifs (C(OH)–C–C–N with tert-alkyl or cyclic N) is 1. The molecule has 2 atom stereocenters. The molecule has 1 heterocycles. The zero-order valence-corrected chi connectivity index (χ0v) is 6.56. The Bertz CT molecular complexity index is 173. The van der Waals surface area contributed by atoms with Gasteiger partial charge in [0, 0.05) is 14.1 Å². The van der Waals surface area contributed by atoms with Crippen LogP contribution in [0.3, 0.4) is 0 Å². The number of likely N-dealkylation sites (N-methyl/N-ethyl adjacent to an activating group) is 2. The molecular formula is C6H12N2O3. The maximum absolute atomic E-state index is 11.1. The molecule has 0 aromatic carbocycles. The minimum Gasteiger partial charge on any atom is -0.387 e. The lowest BCUT2D eigenvalue weighted by molar-refractivity contribution is -0.0860. The third kappa shape index (κ3) is 1.29. The van der Waals surface area contributed by atoms with Crippen LogP contribution in [0.4, 0.5) is 4.79 Å². The van der Waals surface area contributed by atoms with Gasteiger partial charge in [-0.1, -0.05) is 0 Å². The zero-order valence-electron chi connectivity index (χ0n) is 6.56. The van der Waals surface area contributed by atoms with Crippen molar-refractivity contribution in [2.45, 2.75) is 12.3 Å². The largest absolute Gasteiger partial charge is 0.387 e. The van der Waals surface area contributed by atoms with E-state index in [4.69, 9.17) is 10.2 Å². The summed E-state index contributed by atoms with van der Waals surface area (Å²) in [5, 5.41) is 18.3. The van der Waals surface area contributed by atoms with Crippen LogP contribution in [0.15, 0.2) is 0 Å². The average molecular weight is 160 g/mol. The van der Waals surface area contributed by atoms with Crippen molar-refractivity contribution in [1.82, 2.24) is 9.80 Å². The molecule has 1 fully saturated rings. The van der Waals surface area contributed by atoms with Crippen molar-refractivity contribution < 1.29 is 15.0 Å². The van der Waals surface area contributed by atoms with Crippen LogP contribution in [0.1, 0.15) is 0 Å². The molecule has 0 bridgehead atoms. The molecule has 2 unspecified atom stereocenters. The van der Waals surface area contributed by atoms with Crippen molar-refractivity contribution in [1.29, 1.82) is 0 Å². The number of hydrogen-bond acceptors (Lipinski definition) is 3. The number of rotatable bonds is 0. The number of aliphatic hydroxyl groups excluding tert-OH is 2. The smallest absolute Gasteiger partial charge is 0.321 e. The van der Waals surface area contributed by atoms with Crippen LogP contribution in [0.5, 0.6) is 0 Å². The average Bonchev–Trinajstić information content (AvgIpc) is 1.97. The van der Waals surface area contributed by atoms with Gasteiger partial charge >= 0.3 is 6.03 Å². The fourth-order valence-corrected chi connectivity index (χ4v) is 1.09. The van der Waals surface area contributed by atoms with E-state index in [-0.39, 0.29) is 12.6 Å². The van der Waals surface area contributed by atoms with Gasteiger partial charge in [0.25, 0.3) is 0 Å². The lowest BCUT2D eigenvalue weighted by Crippen LogP contribution is -2.58. The van der Waals surface area contributed by atoms with E-state index < -0.39 is 12.3 Å².